The van der Waals surface area contributed by atoms with Crippen LogP contribution in [-0.2, 0) is 4.79 Å². The minimum Gasteiger partial charge on any atom is -0.300 e. The third-order valence-corrected chi connectivity index (χ3v) is 1.38. The topological polar surface area (TPSA) is 29.1 Å². The number of halogens is 1. The number of benzene rings is 1. The minimum atomic E-state index is 0.255. The maximum atomic E-state index is 11.5. The van der Waals surface area contributed by atoms with Gasteiger partial charge in [-0.1, -0.05) is 25.1 Å². The predicted octanol–water partition coefficient (Wildman–Crippen LogP) is 2.97. The van der Waals surface area contributed by atoms with E-state index >= 15 is 0 Å². The lowest BCUT2D eigenvalue weighted by atomic mass is 10.3. The van der Waals surface area contributed by atoms with E-state index in [1.165, 1.54) is 5.54 Å². The van der Waals surface area contributed by atoms with Gasteiger partial charge in [0.2, 0.25) is 0 Å². The zero-order valence-corrected chi connectivity index (χ0v) is 7.88. The lowest BCUT2D eigenvalue weighted by Gasteiger charge is -1.89. The molecule has 0 heterocycles. The monoisotopic (exact) mass is 183 g/mol. The van der Waals surface area contributed by atoms with Crippen molar-refractivity contribution < 1.29 is 9.28 Å². The van der Waals surface area contributed by atoms with Crippen molar-refractivity contribution in [2.45, 2.75) is 20.3 Å². The van der Waals surface area contributed by atoms with Gasteiger partial charge >= 0.3 is 0 Å². The number of hydrogen-bond donors (Lipinski definition) is 1. The van der Waals surface area contributed by atoms with E-state index in [-0.39, 0.29) is 5.78 Å². The number of carbonyl (C=O) groups is 1. The quantitative estimate of drug-likeness (QED) is 0.714. The van der Waals surface area contributed by atoms with E-state index in [1.807, 2.05) is 13.0 Å². The Labute approximate surface area is 77.7 Å². The molecule has 0 radical (unpaired) electrons. The molecule has 0 saturated carbocycles. The van der Waals surface area contributed by atoms with Gasteiger partial charge in [-0.25, -0.2) is 5.54 Å². The number of Topliss-reactive ketones (excluding diaryl/α,β-unsaturated/α-hetero) is 1. The van der Waals surface area contributed by atoms with Crippen molar-refractivity contribution in [3.8, 4) is 0 Å². The van der Waals surface area contributed by atoms with E-state index in [4.69, 9.17) is 0 Å². The molecule has 13 heavy (non-hydrogen) atoms. The van der Waals surface area contributed by atoms with E-state index in [1.54, 1.807) is 31.2 Å². The first kappa shape index (κ1) is 11.6. The summed E-state index contributed by atoms with van der Waals surface area (Å²) in [6.45, 7) is 3.43. The minimum absolute atomic E-state index is 0.255. The van der Waals surface area contributed by atoms with E-state index in [0.717, 1.165) is 0 Å². The first-order chi connectivity index (χ1) is 6.20. The molecule has 1 rings (SSSR count). The molecule has 0 aliphatic heterocycles. The Bertz CT molecular complexity index is 236. The molecule has 0 aliphatic rings. The van der Waals surface area contributed by atoms with Crippen LogP contribution in [0.2, 0.25) is 0 Å². The third kappa shape index (κ3) is 7.00. The Balaban J connectivity index is 0.000000252. The normalized spacial score (nSPS) is 8.23. The molecule has 0 aromatic heterocycles. The second kappa shape index (κ2) is 7.28. The van der Waals surface area contributed by atoms with Crippen molar-refractivity contribution in [2.24, 2.45) is 0 Å². The molecule has 1 N–H and O–H groups in total. The molecule has 0 amide bonds. The fourth-order valence-corrected chi connectivity index (χ4v) is 0.501. The smallest absolute Gasteiger partial charge is 0.129 e. The van der Waals surface area contributed by atoms with Crippen molar-refractivity contribution in [2.75, 3.05) is 5.54 Å². The zero-order valence-electron chi connectivity index (χ0n) is 7.88. The van der Waals surface area contributed by atoms with E-state index in [0.29, 0.717) is 12.1 Å². The molecule has 2 nitrogen and oxygen atoms in total. The average molecular weight is 183 g/mol. The maximum Gasteiger partial charge on any atom is 0.129 e. The van der Waals surface area contributed by atoms with Gasteiger partial charge in [0.15, 0.2) is 0 Å². The van der Waals surface area contributed by atoms with E-state index in [2.05, 4.69) is 0 Å². The van der Waals surface area contributed by atoms with Crippen molar-refractivity contribution in [1.82, 2.24) is 0 Å². The molecule has 0 saturated heterocycles. The summed E-state index contributed by atoms with van der Waals surface area (Å²) in [6.07, 6.45) is 0.667. The van der Waals surface area contributed by atoms with Crippen LogP contribution >= 0.6 is 0 Å². The molecule has 3 heteroatoms. The summed E-state index contributed by atoms with van der Waals surface area (Å²) < 4.78 is 11.5. The lowest BCUT2D eigenvalue weighted by Crippen LogP contribution is -1.80. The van der Waals surface area contributed by atoms with Crippen molar-refractivity contribution >= 4 is 11.5 Å². The van der Waals surface area contributed by atoms with Crippen molar-refractivity contribution in [3.05, 3.63) is 30.3 Å². The van der Waals surface area contributed by atoms with Crippen LogP contribution < -0.4 is 5.54 Å². The number of para-hydroxylation sites is 1. The van der Waals surface area contributed by atoms with Gasteiger partial charge in [-0.15, -0.1) is 4.48 Å². The number of rotatable bonds is 2. The second-order valence-corrected chi connectivity index (χ2v) is 2.52. The highest BCUT2D eigenvalue weighted by Crippen LogP contribution is 2.03. The molecule has 0 fully saturated rings. The third-order valence-electron chi connectivity index (χ3n) is 1.38. The van der Waals surface area contributed by atoms with Crippen LogP contribution in [0.5, 0.6) is 0 Å². The molecule has 72 valence electrons. The van der Waals surface area contributed by atoms with Gasteiger partial charge in [0.25, 0.3) is 0 Å². The highest BCUT2D eigenvalue weighted by Gasteiger charge is 1.80. The van der Waals surface area contributed by atoms with Crippen LogP contribution in [0.15, 0.2) is 30.3 Å². The number of hydrogen-bond acceptors (Lipinski definition) is 2. The van der Waals surface area contributed by atoms with E-state index < -0.39 is 0 Å². The average Bonchev–Trinajstić information content (AvgIpc) is 2.20. The predicted molar refractivity (Wildman–Crippen MR) is 52.1 cm³/mol. The van der Waals surface area contributed by atoms with Crippen molar-refractivity contribution in [3.63, 3.8) is 0 Å². The Morgan fingerprint density at radius 1 is 1.38 bits per heavy atom. The summed E-state index contributed by atoms with van der Waals surface area (Å²) in [7, 11) is 0. The van der Waals surface area contributed by atoms with Crippen LogP contribution in [0, 0.1) is 0 Å². The van der Waals surface area contributed by atoms with Crippen LogP contribution in [0.4, 0.5) is 10.2 Å². The first-order valence-corrected chi connectivity index (χ1v) is 4.11. The molecular weight excluding hydrogens is 169 g/mol. The summed E-state index contributed by atoms with van der Waals surface area (Å²) >= 11 is 0. The standard InChI is InChI=1S/C6H6FN.C4H8O/c7-8-6-4-2-1-3-5-6;1-3-4(2)5/h1-5,8H;3H2,1-2H3. The van der Waals surface area contributed by atoms with Gasteiger partial charge in [0.05, 0.1) is 5.69 Å². The number of anilines is 1. The zero-order chi connectivity index (χ0) is 10.1. The highest BCUT2D eigenvalue weighted by molar-refractivity contribution is 5.74. The van der Waals surface area contributed by atoms with Crippen LogP contribution in [-0.4, -0.2) is 5.78 Å². The Morgan fingerprint density at radius 3 is 2.08 bits per heavy atom. The lowest BCUT2D eigenvalue weighted by molar-refractivity contribution is -0.116. The van der Waals surface area contributed by atoms with Gasteiger partial charge < -0.3 is 4.79 Å². The van der Waals surface area contributed by atoms with Gasteiger partial charge in [0, 0.05) is 6.42 Å². The molecule has 1 aromatic rings. The molecular formula is C10H14FNO. The van der Waals surface area contributed by atoms with Gasteiger partial charge in [-0.2, -0.15) is 0 Å². The summed E-state index contributed by atoms with van der Waals surface area (Å²) in [5.41, 5.74) is 2.02. The summed E-state index contributed by atoms with van der Waals surface area (Å²) in [5, 5.41) is 0. The second-order valence-electron chi connectivity index (χ2n) is 2.52. The fourth-order valence-electron chi connectivity index (χ4n) is 0.501. The SMILES string of the molecule is CCC(C)=O.FNc1ccccc1. The van der Waals surface area contributed by atoms with E-state index in [9.17, 15) is 9.28 Å². The number of ketones is 1. The van der Waals surface area contributed by atoms with Gasteiger partial charge in [-0.3, -0.25) is 0 Å². The van der Waals surface area contributed by atoms with Crippen LogP contribution in [0.3, 0.4) is 0 Å². The Kier molecular flexibility index (Phi) is 6.51. The molecule has 0 aliphatic carbocycles. The van der Waals surface area contributed by atoms with Crippen molar-refractivity contribution in [1.29, 1.82) is 0 Å². The van der Waals surface area contributed by atoms with Crippen LogP contribution in [0.1, 0.15) is 20.3 Å². The number of nitrogens with one attached hydrogen (secondary N) is 1. The van der Waals surface area contributed by atoms with Crippen LogP contribution in [0.25, 0.3) is 0 Å². The Hall–Kier alpha value is -1.38. The summed E-state index contributed by atoms with van der Waals surface area (Å²) in [4.78, 5) is 9.81. The molecule has 0 bridgehead atoms. The Morgan fingerprint density at radius 2 is 1.85 bits per heavy atom. The molecule has 0 spiro atoms. The molecule has 0 atom stereocenters. The van der Waals surface area contributed by atoms with Gasteiger partial charge in [0.1, 0.15) is 5.78 Å². The van der Waals surface area contributed by atoms with Gasteiger partial charge in [-0.05, 0) is 19.1 Å². The summed E-state index contributed by atoms with van der Waals surface area (Å²) in [6, 6.07) is 8.67. The molecule has 1 aromatic carbocycles. The maximum absolute atomic E-state index is 11.5. The summed E-state index contributed by atoms with van der Waals surface area (Å²) in [5.74, 6) is 0.255. The number of carbonyl (C=O) groups excluding carboxylic acids is 1. The molecule has 0 unspecified atom stereocenters. The fraction of sp³-hybridized carbons (Fsp3) is 0.300. The largest absolute Gasteiger partial charge is 0.300 e. The highest BCUT2D eigenvalue weighted by atomic mass is 19.2. The first-order valence-electron chi connectivity index (χ1n) is 4.11.